The fraction of sp³-hybridized carbons (Fsp3) is 0.143. The van der Waals surface area contributed by atoms with Crippen molar-refractivity contribution < 1.29 is 4.94 Å². The van der Waals surface area contributed by atoms with Gasteiger partial charge in [0, 0.05) is 0 Å². The Morgan fingerprint density at radius 1 is 0.706 bits per heavy atom. The van der Waals surface area contributed by atoms with E-state index in [0.717, 1.165) is 22.5 Å². The lowest BCUT2D eigenvalue weighted by Crippen LogP contribution is -2.09. The molecule has 0 bridgehead atoms. The first kappa shape index (κ1) is 11.5. The Hall–Kier alpha value is -2.00. The number of rotatable bonds is 4. The van der Waals surface area contributed by atoms with Crippen LogP contribution >= 0.6 is 0 Å². The average molecular weight is 228 g/mol. The minimum absolute atomic E-state index is 0.952. The van der Waals surface area contributed by atoms with Gasteiger partial charge in [-0.2, -0.15) is 4.94 Å². The van der Waals surface area contributed by atoms with E-state index in [9.17, 15) is 0 Å². The van der Waals surface area contributed by atoms with Crippen LogP contribution in [0.3, 0.4) is 0 Å². The molecular formula is C14H16N2O. The van der Waals surface area contributed by atoms with Gasteiger partial charge in [-0.25, -0.2) is 11.0 Å². The van der Waals surface area contributed by atoms with E-state index < -0.39 is 0 Å². The zero-order valence-electron chi connectivity index (χ0n) is 10.0. The Morgan fingerprint density at radius 3 is 1.53 bits per heavy atom. The number of benzene rings is 2. The molecule has 0 unspecified atom stereocenters. The fourth-order valence-electron chi connectivity index (χ4n) is 1.51. The Balaban J connectivity index is 1.93. The van der Waals surface area contributed by atoms with Gasteiger partial charge in [-0.3, -0.25) is 0 Å². The second-order valence-electron chi connectivity index (χ2n) is 3.94. The number of para-hydroxylation sites is 2. The maximum atomic E-state index is 5.27. The average Bonchev–Trinajstić information content (AvgIpc) is 2.34. The zero-order valence-corrected chi connectivity index (χ0v) is 10.0. The van der Waals surface area contributed by atoms with E-state index in [1.807, 2.05) is 62.4 Å². The second kappa shape index (κ2) is 5.37. The van der Waals surface area contributed by atoms with Crippen molar-refractivity contribution in [2.75, 3.05) is 11.0 Å². The Labute approximate surface area is 101 Å². The third kappa shape index (κ3) is 2.98. The van der Waals surface area contributed by atoms with Crippen LogP contribution in [-0.2, 0) is 4.94 Å². The first-order valence-electron chi connectivity index (χ1n) is 5.56. The molecule has 3 heteroatoms. The monoisotopic (exact) mass is 228 g/mol. The molecule has 0 spiro atoms. The Morgan fingerprint density at radius 2 is 1.12 bits per heavy atom. The van der Waals surface area contributed by atoms with E-state index >= 15 is 0 Å². The summed E-state index contributed by atoms with van der Waals surface area (Å²) < 4.78 is 0. The lowest BCUT2D eigenvalue weighted by Gasteiger charge is -2.11. The fourth-order valence-corrected chi connectivity index (χ4v) is 1.51. The molecule has 2 rings (SSSR count). The van der Waals surface area contributed by atoms with Gasteiger partial charge >= 0.3 is 0 Å². The maximum absolute atomic E-state index is 5.27. The quantitative estimate of drug-likeness (QED) is 0.783. The molecule has 0 amide bonds. The molecule has 2 N–H and O–H groups in total. The van der Waals surface area contributed by atoms with Crippen molar-refractivity contribution in [3.63, 3.8) is 0 Å². The molecule has 0 aliphatic carbocycles. The summed E-state index contributed by atoms with van der Waals surface area (Å²) in [6, 6.07) is 15.9. The van der Waals surface area contributed by atoms with E-state index in [1.54, 1.807) is 0 Å². The zero-order chi connectivity index (χ0) is 12.1. The lowest BCUT2D eigenvalue weighted by molar-refractivity contribution is 0.264. The highest BCUT2D eigenvalue weighted by Crippen LogP contribution is 2.15. The van der Waals surface area contributed by atoms with Crippen molar-refractivity contribution in [2.45, 2.75) is 13.8 Å². The molecule has 0 atom stereocenters. The van der Waals surface area contributed by atoms with Crippen molar-refractivity contribution in [2.24, 2.45) is 0 Å². The summed E-state index contributed by atoms with van der Waals surface area (Å²) in [6.45, 7) is 4.05. The standard InChI is InChI=1S/C14H16N2O/c1-11-7-3-5-9-13(11)15-17-16-14-10-6-4-8-12(14)2/h3-10,15-16H,1-2H3. The highest BCUT2D eigenvalue weighted by atomic mass is 16.8. The van der Waals surface area contributed by atoms with Crippen LogP contribution in [0.25, 0.3) is 0 Å². The summed E-state index contributed by atoms with van der Waals surface area (Å²) in [5.74, 6) is 0. The lowest BCUT2D eigenvalue weighted by atomic mass is 10.2. The molecule has 3 nitrogen and oxygen atoms in total. The van der Waals surface area contributed by atoms with E-state index in [2.05, 4.69) is 11.0 Å². The van der Waals surface area contributed by atoms with Gasteiger partial charge in [0.05, 0.1) is 11.4 Å². The first-order valence-corrected chi connectivity index (χ1v) is 5.56. The van der Waals surface area contributed by atoms with Gasteiger partial charge in [0.2, 0.25) is 0 Å². The minimum atomic E-state index is 0.952. The summed E-state index contributed by atoms with van der Waals surface area (Å²) in [6.07, 6.45) is 0. The van der Waals surface area contributed by atoms with Crippen LogP contribution in [0.4, 0.5) is 11.4 Å². The largest absolute Gasteiger partial charge is 0.242 e. The molecule has 88 valence electrons. The summed E-state index contributed by atoms with van der Waals surface area (Å²) in [5.41, 5.74) is 9.94. The number of hydrogen-bond donors (Lipinski definition) is 2. The van der Waals surface area contributed by atoms with E-state index in [4.69, 9.17) is 4.94 Å². The normalized spacial score (nSPS) is 10.0. The Bertz CT molecular complexity index is 452. The van der Waals surface area contributed by atoms with Crippen LogP contribution in [0.2, 0.25) is 0 Å². The van der Waals surface area contributed by atoms with E-state index in [-0.39, 0.29) is 0 Å². The van der Waals surface area contributed by atoms with Crippen molar-refractivity contribution in [3.8, 4) is 0 Å². The van der Waals surface area contributed by atoms with Gasteiger partial charge in [-0.15, -0.1) is 0 Å². The molecule has 0 aliphatic rings. The highest BCUT2D eigenvalue weighted by Gasteiger charge is 1.97. The summed E-state index contributed by atoms with van der Waals surface area (Å²) in [5, 5.41) is 0. The number of aryl methyl sites for hydroxylation is 2. The highest BCUT2D eigenvalue weighted by molar-refractivity contribution is 5.50. The van der Waals surface area contributed by atoms with Gasteiger partial charge in [-0.05, 0) is 37.1 Å². The van der Waals surface area contributed by atoms with Crippen LogP contribution in [0, 0.1) is 13.8 Å². The minimum Gasteiger partial charge on any atom is -0.242 e. The summed E-state index contributed by atoms with van der Waals surface area (Å²) in [7, 11) is 0. The van der Waals surface area contributed by atoms with Crippen LogP contribution < -0.4 is 11.0 Å². The number of nitrogens with one attached hydrogen (secondary N) is 2. The molecule has 2 aromatic carbocycles. The third-order valence-corrected chi connectivity index (χ3v) is 2.61. The Kier molecular flexibility index (Phi) is 3.62. The van der Waals surface area contributed by atoms with Crippen LogP contribution in [0.5, 0.6) is 0 Å². The van der Waals surface area contributed by atoms with Gasteiger partial charge < -0.3 is 0 Å². The van der Waals surface area contributed by atoms with Gasteiger partial charge in [0.25, 0.3) is 0 Å². The van der Waals surface area contributed by atoms with Crippen molar-refractivity contribution in [1.82, 2.24) is 0 Å². The van der Waals surface area contributed by atoms with E-state index in [0.29, 0.717) is 0 Å². The third-order valence-electron chi connectivity index (χ3n) is 2.61. The summed E-state index contributed by atoms with van der Waals surface area (Å²) in [4.78, 5) is 5.27. The molecule has 0 aliphatic heterocycles. The van der Waals surface area contributed by atoms with Gasteiger partial charge in [0.1, 0.15) is 0 Å². The molecule has 0 aromatic heterocycles. The molecule has 0 heterocycles. The van der Waals surface area contributed by atoms with Crippen LogP contribution in [-0.4, -0.2) is 0 Å². The van der Waals surface area contributed by atoms with Gasteiger partial charge in [-0.1, -0.05) is 36.4 Å². The number of anilines is 2. The molecule has 0 saturated heterocycles. The topological polar surface area (TPSA) is 33.3 Å². The molecule has 0 radical (unpaired) electrons. The maximum Gasteiger partial charge on any atom is 0.0658 e. The molecule has 2 aromatic rings. The predicted octanol–water partition coefficient (Wildman–Crippen LogP) is 3.67. The molecule has 0 saturated carbocycles. The molecular weight excluding hydrogens is 212 g/mol. The smallest absolute Gasteiger partial charge is 0.0658 e. The summed E-state index contributed by atoms with van der Waals surface area (Å²) >= 11 is 0. The van der Waals surface area contributed by atoms with Crippen molar-refractivity contribution in [3.05, 3.63) is 59.7 Å². The van der Waals surface area contributed by atoms with E-state index in [1.165, 1.54) is 0 Å². The van der Waals surface area contributed by atoms with Gasteiger partial charge in [0.15, 0.2) is 0 Å². The van der Waals surface area contributed by atoms with Crippen molar-refractivity contribution >= 4 is 11.4 Å². The predicted molar refractivity (Wildman–Crippen MR) is 70.7 cm³/mol. The second-order valence-corrected chi connectivity index (χ2v) is 3.94. The number of hydrogen-bond acceptors (Lipinski definition) is 3. The van der Waals surface area contributed by atoms with Crippen LogP contribution in [0.15, 0.2) is 48.5 Å². The van der Waals surface area contributed by atoms with Crippen molar-refractivity contribution in [1.29, 1.82) is 0 Å². The molecule has 17 heavy (non-hydrogen) atoms. The first-order chi connectivity index (χ1) is 8.27. The van der Waals surface area contributed by atoms with Crippen LogP contribution in [0.1, 0.15) is 11.1 Å². The SMILES string of the molecule is Cc1ccccc1NONc1ccccc1C. The molecule has 0 fully saturated rings.